The fourth-order valence-corrected chi connectivity index (χ4v) is 8.29. The SMILES string of the molecule is C=Cc1nc(-n2c3ncccc3c3c4ccccc4c4c(C=C)c(C=C)sc4c32)nc(-c2cccc3oc4ccccc4c23)c1C=C. The summed E-state index contributed by atoms with van der Waals surface area (Å²) < 4.78 is 9.47. The Labute approximate surface area is 273 Å². The molecular formula is C41H26N4OS. The zero-order valence-corrected chi connectivity index (χ0v) is 26.1. The third-order valence-corrected chi connectivity index (χ3v) is 10.2. The van der Waals surface area contributed by atoms with Crippen molar-refractivity contribution in [1.29, 1.82) is 0 Å². The molecule has 0 aliphatic carbocycles. The molecule has 0 aliphatic rings. The first-order valence-electron chi connectivity index (χ1n) is 15.3. The van der Waals surface area contributed by atoms with Crippen LogP contribution in [0.1, 0.15) is 21.7 Å². The van der Waals surface area contributed by atoms with E-state index in [1.165, 1.54) is 0 Å². The van der Waals surface area contributed by atoms with Gasteiger partial charge in [0.25, 0.3) is 0 Å². The van der Waals surface area contributed by atoms with Crippen molar-refractivity contribution in [2.75, 3.05) is 0 Å². The van der Waals surface area contributed by atoms with E-state index in [0.717, 1.165) is 92.0 Å². The third-order valence-electron chi connectivity index (χ3n) is 8.99. The van der Waals surface area contributed by atoms with Gasteiger partial charge in [0.2, 0.25) is 5.95 Å². The van der Waals surface area contributed by atoms with Gasteiger partial charge in [0, 0.05) is 54.7 Å². The highest BCUT2D eigenvalue weighted by molar-refractivity contribution is 7.21. The zero-order chi connectivity index (χ0) is 31.8. The average molecular weight is 623 g/mol. The predicted molar refractivity (Wildman–Crippen MR) is 200 cm³/mol. The lowest BCUT2D eigenvalue weighted by Crippen LogP contribution is -2.07. The van der Waals surface area contributed by atoms with Crippen molar-refractivity contribution in [3.8, 4) is 17.2 Å². The van der Waals surface area contributed by atoms with Gasteiger partial charge in [-0.1, -0.05) is 99.1 Å². The molecule has 0 amide bonds. The molecular weight excluding hydrogens is 597 g/mol. The highest BCUT2D eigenvalue weighted by atomic mass is 32.1. The minimum atomic E-state index is 0.495. The Morgan fingerprint density at radius 3 is 2.13 bits per heavy atom. The largest absolute Gasteiger partial charge is 0.456 e. The van der Waals surface area contributed by atoms with Crippen LogP contribution in [-0.2, 0) is 0 Å². The minimum Gasteiger partial charge on any atom is -0.456 e. The summed E-state index contributed by atoms with van der Waals surface area (Å²) in [5, 5.41) is 7.56. The van der Waals surface area contributed by atoms with Crippen LogP contribution in [0, 0.1) is 0 Å². The molecule has 0 saturated carbocycles. The van der Waals surface area contributed by atoms with Gasteiger partial charge in [0.15, 0.2) is 0 Å². The normalized spacial score (nSPS) is 11.7. The number of nitrogens with zero attached hydrogens (tertiary/aromatic N) is 4. The van der Waals surface area contributed by atoms with Gasteiger partial charge < -0.3 is 4.42 Å². The van der Waals surface area contributed by atoms with E-state index in [0.29, 0.717) is 11.6 Å². The fourth-order valence-electron chi connectivity index (χ4n) is 7.08. The lowest BCUT2D eigenvalue weighted by atomic mass is 9.98. The van der Waals surface area contributed by atoms with Crippen LogP contribution >= 0.6 is 11.3 Å². The second-order valence-corrected chi connectivity index (χ2v) is 12.4. The molecule has 5 nitrogen and oxygen atoms in total. The predicted octanol–water partition coefficient (Wildman–Crippen LogP) is 11.5. The van der Waals surface area contributed by atoms with Gasteiger partial charge in [-0.3, -0.25) is 4.57 Å². The number of hydrogen-bond donors (Lipinski definition) is 0. The van der Waals surface area contributed by atoms with Crippen LogP contribution in [0.15, 0.2) is 116 Å². The van der Waals surface area contributed by atoms with Crippen molar-refractivity contribution >= 4 is 100 Å². The Balaban J connectivity index is 1.49. The molecule has 4 aromatic carbocycles. The van der Waals surface area contributed by atoms with Crippen LogP contribution in [0.3, 0.4) is 0 Å². The van der Waals surface area contributed by atoms with E-state index in [1.54, 1.807) is 23.5 Å². The second-order valence-electron chi connectivity index (χ2n) is 11.3. The first-order chi connectivity index (χ1) is 23.2. The lowest BCUT2D eigenvalue weighted by Gasteiger charge is -2.14. The molecule has 0 atom stereocenters. The standard InChI is InChI=1S/C41H26N4OS/c1-5-23-30(7-3)43-41(44-37(23)28-18-13-21-32-34(28)27-17-11-12-20-31(27)46-32)45-38-35(29-19-14-22-42-40(29)45)25-15-9-10-16-26(25)36-24(6-2)33(8-4)47-39(36)38/h5-22H,1-4H2. The van der Waals surface area contributed by atoms with Gasteiger partial charge >= 0.3 is 0 Å². The number of para-hydroxylation sites is 1. The number of pyridine rings is 1. The molecule has 9 aromatic rings. The smallest absolute Gasteiger partial charge is 0.237 e. The van der Waals surface area contributed by atoms with E-state index in [2.05, 4.69) is 73.3 Å². The molecule has 47 heavy (non-hydrogen) atoms. The molecule has 222 valence electrons. The third kappa shape index (κ3) is 3.67. The summed E-state index contributed by atoms with van der Waals surface area (Å²) in [5.41, 5.74) is 7.59. The number of aromatic nitrogens is 4. The van der Waals surface area contributed by atoms with Crippen LogP contribution in [0.2, 0.25) is 0 Å². The van der Waals surface area contributed by atoms with Gasteiger partial charge in [-0.25, -0.2) is 15.0 Å². The van der Waals surface area contributed by atoms with Gasteiger partial charge in [-0.2, -0.15) is 0 Å². The summed E-state index contributed by atoms with van der Waals surface area (Å²) in [6.07, 6.45) is 9.23. The highest BCUT2D eigenvalue weighted by Crippen LogP contribution is 2.47. The van der Waals surface area contributed by atoms with Gasteiger partial charge in [-0.15, -0.1) is 11.3 Å². The summed E-state index contributed by atoms with van der Waals surface area (Å²) in [6.45, 7) is 16.6. The molecule has 0 bridgehead atoms. The number of fused-ring (bicyclic) bond motifs is 11. The van der Waals surface area contributed by atoms with Crippen molar-refractivity contribution in [1.82, 2.24) is 19.5 Å². The lowest BCUT2D eigenvalue weighted by molar-refractivity contribution is 0.669. The summed E-state index contributed by atoms with van der Waals surface area (Å²) in [5.74, 6) is 0.495. The van der Waals surface area contributed by atoms with Crippen molar-refractivity contribution in [2.45, 2.75) is 0 Å². The van der Waals surface area contributed by atoms with E-state index in [1.807, 2.05) is 54.7 Å². The number of thiophene rings is 1. The Bertz CT molecular complexity index is 2830. The minimum absolute atomic E-state index is 0.495. The monoisotopic (exact) mass is 622 g/mol. The maximum absolute atomic E-state index is 6.27. The van der Waals surface area contributed by atoms with E-state index in [4.69, 9.17) is 19.4 Å². The highest BCUT2D eigenvalue weighted by Gasteiger charge is 2.26. The van der Waals surface area contributed by atoms with E-state index >= 15 is 0 Å². The molecule has 5 aromatic heterocycles. The molecule has 0 saturated heterocycles. The van der Waals surface area contributed by atoms with E-state index in [9.17, 15) is 0 Å². The number of benzene rings is 4. The van der Waals surface area contributed by atoms with Crippen LogP contribution in [0.5, 0.6) is 0 Å². The Kier molecular flexibility index (Phi) is 5.91. The average Bonchev–Trinajstić information content (AvgIpc) is 3.80. The maximum atomic E-state index is 6.27. The number of rotatable bonds is 6. The number of hydrogen-bond acceptors (Lipinski definition) is 5. The van der Waals surface area contributed by atoms with Crippen molar-refractivity contribution < 1.29 is 4.42 Å². The molecule has 6 heteroatoms. The summed E-state index contributed by atoms with van der Waals surface area (Å²) in [6, 6.07) is 26.8. The first kappa shape index (κ1) is 27.2. The summed E-state index contributed by atoms with van der Waals surface area (Å²) >= 11 is 1.70. The van der Waals surface area contributed by atoms with Crippen molar-refractivity contribution in [3.05, 3.63) is 133 Å². The molecule has 0 unspecified atom stereocenters. The van der Waals surface area contributed by atoms with Crippen LogP contribution in [-0.4, -0.2) is 19.5 Å². The topological polar surface area (TPSA) is 56.7 Å². The molecule has 0 aliphatic heterocycles. The number of furan rings is 1. The van der Waals surface area contributed by atoms with Gasteiger partial charge in [-0.05, 0) is 41.1 Å². The molecule has 0 N–H and O–H groups in total. The van der Waals surface area contributed by atoms with Crippen LogP contribution in [0.25, 0.3) is 106 Å². The fraction of sp³-hybridized carbons (Fsp3) is 0. The van der Waals surface area contributed by atoms with Gasteiger partial charge in [0.05, 0.1) is 21.6 Å². The Hall–Kier alpha value is -6.11. The molecule has 0 spiro atoms. The van der Waals surface area contributed by atoms with Crippen molar-refractivity contribution in [2.24, 2.45) is 0 Å². The van der Waals surface area contributed by atoms with E-state index < -0.39 is 0 Å². The summed E-state index contributed by atoms with van der Waals surface area (Å²) in [7, 11) is 0. The first-order valence-corrected chi connectivity index (χ1v) is 16.1. The molecule has 9 rings (SSSR count). The Morgan fingerprint density at radius 2 is 1.36 bits per heavy atom. The molecule has 5 heterocycles. The zero-order valence-electron chi connectivity index (χ0n) is 25.3. The molecule has 0 fully saturated rings. The van der Waals surface area contributed by atoms with Crippen molar-refractivity contribution in [3.63, 3.8) is 0 Å². The van der Waals surface area contributed by atoms with Gasteiger partial charge in [0.1, 0.15) is 16.8 Å². The van der Waals surface area contributed by atoms with Crippen LogP contribution in [0.4, 0.5) is 0 Å². The van der Waals surface area contributed by atoms with E-state index in [-0.39, 0.29) is 0 Å². The maximum Gasteiger partial charge on any atom is 0.237 e. The molecule has 0 radical (unpaired) electrons. The van der Waals surface area contributed by atoms with Crippen LogP contribution < -0.4 is 0 Å². The summed E-state index contributed by atoms with van der Waals surface area (Å²) in [4.78, 5) is 16.5. The Morgan fingerprint density at radius 1 is 0.638 bits per heavy atom. The second kappa shape index (κ2) is 10.2. The quantitative estimate of drug-likeness (QED) is 0.185.